The van der Waals surface area contributed by atoms with Crippen LogP contribution in [0.25, 0.3) is 0 Å². The quantitative estimate of drug-likeness (QED) is 0.531. The molecule has 0 aliphatic heterocycles. The molecule has 0 aromatic heterocycles. The van der Waals surface area contributed by atoms with Gasteiger partial charge in [-0.15, -0.1) is 0 Å². The lowest BCUT2D eigenvalue weighted by Crippen LogP contribution is -2.12. The van der Waals surface area contributed by atoms with Gasteiger partial charge >= 0.3 is 0 Å². The Morgan fingerprint density at radius 1 is 0.840 bits per heavy atom. The molecule has 0 aliphatic carbocycles. The summed E-state index contributed by atoms with van der Waals surface area (Å²) in [4.78, 5) is 13.0. The van der Waals surface area contributed by atoms with Gasteiger partial charge in [0.1, 0.15) is 0 Å². The van der Waals surface area contributed by atoms with Crippen molar-refractivity contribution in [1.29, 1.82) is 0 Å². The molecule has 0 atom stereocenters. The minimum absolute atomic E-state index is 0.221. The number of carbonyl (C=O) groups excluding carboxylic acids is 1. The van der Waals surface area contributed by atoms with Gasteiger partial charge in [-0.1, -0.05) is 77.9 Å². The molecule has 0 N–H and O–H groups in total. The van der Waals surface area contributed by atoms with E-state index in [9.17, 15) is 4.79 Å². The van der Waals surface area contributed by atoms with Crippen molar-refractivity contribution in [3.05, 3.63) is 69.8 Å². The number of aryl methyl sites for hydroxylation is 1. The highest BCUT2D eigenvalue weighted by Crippen LogP contribution is 2.33. The second-order valence-corrected chi connectivity index (χ2v) is 8.06. The Bertz CT molecular complexity index is 721. The maximum atomic E-state index is 13.0. The highest BCUT2D eigenvalue weighted by Gasteiger charge is 2.20. The molecule has 1 heteroatoms. The topological polar surface area (TPSA) is 17.1 Å². The summed E-state index contributed by atoms with van der Waals surface area (Å²) < 4.78 is 0. The molecule has 0 heterocycles. The first kappa shape index (κ1) is 19.4. The summed E-state index contributed by atoms with van der Waals surface area (Å²) in [5, 5.41) is 0. The average Bonchev–Trinajstić information content (AvgIpc) is 2.54. The Kier molecular flexibility index (Phi) is 6.21. The van der Waals surface area contributed by atoms with Gasteiger partial charge in [-0.25, -0.2) is 0 Å². The molecule has 0 aliphatic rings. The lowest BCUT2D eigenvalue weighted by molar-refractivity contribution is 0.0992. The van der Waals surface area contributed by atoms with Gasteiger partial charge in [0.15, 0.2) is 5.78 Å². The molecule has 0 spiro atoms. The van der Waals surface area contributed by atoms with Crippen molar-refractivity contribution < 1.29 is 4.79 Å². The highest BCUT2D eigenvalue weighted by molar-refractivity contribution is 5.99. The summed E-state index contributed by atoms with van der Waals surface area (Å²) in [6.45, 7) is 15.4. The fraction of sp³-hybridized carbons (Fsp3) is 0.458. The van der Waals surface area contributed by atoms with E-state index in [4.69, 9.17) is 0 Å². The zero-order chi connectivity index (χ0) is 18.7. The maximum absolute atomic E-state index is 13.0. The first-order valence-electron chi connectivity index (χ1n) is 9.47. The van der Waals surface area contributed by atoms with E-state index in [1.807, 2.05) is 31.2 Å². The molecule has 0 unspecified atom stereocenters. The number of hydrogen-bond donors (Lipinski definition) is 0. The van der Waals surface area contributed by atoms with Crippen LogP contribution in [-0.4, -0.2) is 5.78 Å². The van der Waals surface area contributed by atoms with Gasteiger partial charge in [0.25, 0.3) is 0 Å². The van der Waals surface area contributed by atoms with Gasteiger partial charge in [0, 0.05) is 12.0 Å². The van der Waals surface area contributed by atoms with Crippen molar-refractivity contribution in [2.24, 2.45) is 0 Å². The molecular formula is C24H32O. The van der Waals surface area contributed by atoms with Crippen molar-refractivity contribution >= 4 is 5.78 Å². The van der Waals surface area contributed by atoms with Crippen LogP contribution in [0.4, 0.5) is 0 Å². The molecule has 2 aromatic carbocycles. The maximum Gasteiger partial charge on any atom is 0.167 e. The monoisotopic (exact) mass is 336 g/mol. The van der Waals surface area contributed by atoms with Gasteiger partial charge in [0.05, 0.1) is 0 Å². The molecule has 0 amide bonds. The van der Waals surface area contributed by atoms with E-state index in [0.717, 1.165) is 11.1 Å². The van der Waals surface area contributed by atoms with Crippen LogP contribution >= 0.6 is 0 Å². The number of benzene rings is 2. The molecule has 0 fully saturated rings. The third-order valence-electron chi connectivity index (χ3n) is 5.03. The third kappa shape index (κ3) is 4.39. The van der Waals surface area contributed by atoms with E-state index < -0.39 is 0 Å². The van der Waals surface area contributed by atoms with E-state index in [1.54, 1.807) is 0 Å². The molecule has 0 bridgehead atoms. The van der Waals surface area contributed by atoms with E-state index in [1.165, 1.54) is 22.3 Å². The molecule has 0 radical (unpaired) electrons. The minimum Gasteiger partial charge on any atom is -0.294 e. The van der Waals surface area contributed by atoms with Gasteiger partial charge in [0.2, 0.25) is 0 Å². The zero-order valence-corrected chi connectivity index (χ0v) is 16.8. The molecule has 2 aromatic rings. The Morgan fingerprint density at radius 2 is 1.36 bits per heavy atom. The molecular weight excluding hydrogens is 304 g/mol. The summed E-state index contributed by atoms with van der Waals surface area (Å²) in [6.07, 6.45) is 0.490. The molecule has 0 saturated heterocycles. The fourth-order valence-electron chi connectivity index (χ4n) is 3.45. The molecule has 25 heavy (non-hydrogen) atoms. The number of Topliss-reactive ketones (excluding diaryl/α,β-unsaturated/α-hetero) is 1. The third-order valence-corrected chi connectivity index (χ3v) is 5.03. The second kappa shape index (κ2) is 7.99. The van der Waals surface area contributed by atoms with Crippen LogP contribution in [0.2, 0.25) is 0 Å². The number of ketones is 1. The summed E-state index contributed by atoms with van der Waals surface area (Å²) in [6, 6.07) is 12.5. The van der Waals surface area contributed by atoms with Crippen molar-refractivity contribution in [1.82, 2.24) is 0 Å². The van der Waals surface area contributed by atoms with Gasteiger partial charge in [-0.2, -0.15) is 0 Å². The number of hydrogen-bond acceptors (Lipinski definition) is 1. The SMILES string of the molecule is Cc1ccccc1C(=O)Cc1c(C(C)C)cc(C(C)C)cc1C(C)C. The Hall–Kier alpha value is -1.89. The van der Waals surface area contributed by atoms with E-state index in [2.05, 4.69) is 53.7 Å². The summed E-state index contributed by atoms with van der Waals surface area (Å²) in [5.74, 6) is 1.54. The average molecular weight is 337 g/mol. The van der Waals surface area contributed by atoms with Crippen molar-refractivity contribution in [3.8, 4) is 0 Å². The molecule has 1 nitrogen and oxygen atoms in total. The van der Waals surface area contributed by atoms with Crippen LogP contribution in [0, 0.1) is 6.92 Å². The van der Waals surface area contributed by atoms with Crippen LogP contribution in [0.5, 0.6) is 0 Å². The standard InChI is InChI=1S/C24H32O/c1-15(2)19-12-21(16(3)4)23(22(13-19)17(5)6)14-24(25)20-11-9-8-10-18(20)7/h8-13,15-17H,14H2,1-7H3. The van der Waals surface area contributed by atoms with Crippen LogP contribution < -0.4 is 0 Å². The van der Waals surface area contributed by atoms with Crippen LogP contribution in [0.15, 0.2) is 36.4 Å². The Labute approximate surface area is 153 Å². The van der Waals surface area contributed by atoms with Crippen LogP contribution in [-0.2, 0) is 6.42 Å². The van der Waals surface area contributed by atoms with E-state index >= 15 is 0 Å². The Morgan fingerprint density at radius 3 is 1.80 bits per heavy atom. The minimum atomic E-state index is 0.221. The first-order chi connectivity index (χ1) is 11.7. The van der Waals surface area contributed by atoms with Gasteiger partial charge in [-0.05, 0) is 52.5 Å². The van der Waals surface area contributed by atoms with E-state index in [-0.39, 0.29) is 5.78 Å². The van der Waals surface area contributed by atoms with Crippen LogP contribution in [0.3, 0.4) is 0 Å². The number of rotatable bonds is 6. The zero-order valence-electron chi connectivity index (χ0n) is 16.8. The fourth-order valence-corrected chi connectivity index (χ4v) is 3.45. The van der Waals surface area contributed by atoms with Crippen molar-refractivity contribution in [2.75, 3.05) is 0 Å². The number of carbonyl (C=O) groups is 1. The highest BCUT2D eigenvalue weighted by atomic mass is 16.1. The molecule has 2 rings (SSSR count). The van der Waals surface area contributed by atoms with E-state index in [0.29, 0.717) is 24.2 Å². The predicted octanol–water partition coefficient (Wildman–Crippen LogP) is 6.79. The van der Waals surface area contributed by atoms with Crippen LogP contribution in [0.1, 0.15) is 97.5 Å². The van der Waals surface area contributed by atoms with Gasteiger partial charge < -0.3 is 0 Å². The van der Waals surface area contributed by atoms with Gasteiger partial charge in [-0.3, -0.25) is 4.79 Å². The lowest BCUT2D eigenvalue weighted by Gasteiger charge is -2.23. The van der Waals surface area contributed by atoms with Crippen molar-refractivity contribution in [3.63, 3.8) is 0 Å². The lowest BCUT2D eigenvalue weighted by atomic mass is 9.82. The normalized spacial score (nSPS) is 11.6. The van der Waals surface area contributed by atoms with Crippen molar-refractivity contribution in [2.45, 2.75) is 72.6 Å². The Balaban J connectivity index is 2.55. The smallest absolute Gasteiger partial charge is 0.167 e. The molecule has 0 saturated carbocycles. The molecule has 134 valence electrons. The second-order valence-electron chi connectivity index (χ2n) is 8.06. The summed E-state index contributed by atoms with van der Waals surface area (Å²) >= 11 is 0. The summed E-state index contributed by atoms with van der Waals surface area (Å²) in [7, 11) is 0. The largest absolute Gasteiger partial charge is 0.294 e. The first-order valence-corrected chi connectivity index (χ1v) is 9.47. The predicted molar refractivity (Wildman–Crippen MR) is 108 cm³/mol. The summed E-state index contributed by atoms with van der Waals surface area (Å²) in [5.41, 5.74) is 7.18.